The summed E-state index contributed by atoms with van der Waals surface area (Å²) in [5.41, 5.74) is 1.14. The average molecular weight is 379 g/mol. The number of ether oxygens (including phenoxy) is 2. The van der Waals surface area contributed by atoms with E-state index in [2.05, 4.69) is 27.9 Å². The summed E-state index contributed by atoms with van der Waals surface area (Å²) in [6, 6.07) is 6.11. The van der Waals surface area contributed by atoms with Gasteiger partial charge in [0.15, 0.2) is 17.5 Å². The van der Waals surface area contributed by atoms with Crippen molar-refractivity contribution < 1.29 is 14.3 Å². The van der Waals surface area contributed by atoms with Crippen LogP contribution in [0.15, 0.2) is 23.2 Å². The van der Waals surface area contributed by atoms with Gasteiger partial charge in [-0.25, -0.2) is 0 Å². The molecule has 0 radical (unpaired) electrons. The molecule has 1 unspecified atom stereocenters. The Morgan fingerprint density at radius 2 is 1.89 bits per heavy atom. The van der Waals surface area contributed by atoms with Crippen LogP contribution in [0.25, 0.3) is 0 Å². The Morgan fingerprint density at radius 1 is 1.15 bits per heavy atom. The van der Waals surface area contributed by atoms with Gasteiger partial charge in [-0.2, -0.15) is 0 Å². The third-order valence-electron chi connectivity index (χ3n) is 4.13. The molecule has 0 bridgehead atoms. The average Bonchev–Trinajstić information content (AvgIpc) is 2.67. The molecule has 3 N–H and O–H groups in total. The maximum absolute atomic E-state index is 11.8. The van der Waals surface area contributed by atoms with Crippen molar-refractivity contribution in [3.05, 3.63) is 23.8 Å². The van der Waals surface area contributed by atoms with E-state index in [4.69, 9.17) is 9.47 Å². The minimum absolute atomic E-state index is 0.0364. The van der Waals surface area contributed by atoms with Gasteiger partial charge in [-0.15, -0.1) is 0 Å². The summed E-state index contributed by atoms with van der Waals surface area (Å²) in [5.74, 6) is 2.20. The van der Waals surface area contributed by atoms with Crippen LogP contribution in [0.4, 0.5) is 0 Å². The van der Waals surface area contributed by atoms with Crippen molar-refractivity contribution in [2.75, 3.05) is 33.9 Å². The highest BCUT2D eigenvalue weighted by molar-refractivity contribution is 5.80. The van der Waals surface area contributed by atoms with Crippen LogP contribution in [0.3, 0.4) is 0 Å². The standard InChI is InChI=1S/C20H34N4O3/c1-6-15(3)24-19(25)11-13-23-20(21-7-2)22-12-10-16-8-9-17(26-4)18(14-16)27-5/h8-9,14-15H,6-7,10-13H2,1-5H3,(H,24,25)(H2,21,22,23). The maximum Gasteiger partial charge on any atom is 0.222 e. The third kappa shape index (κ3) is 8.66. The Bertz CT molecular complexity index is 605. The number of amides is 1. The monoisotopic (exact) mass is 378 g/mol. The maximum atomic E-state index is 11.8. The van der Waals surface area contributed by atoms with Crippen LogP contribution in [0.1, 0.15) is 39.2 Å². The van der Waals surface area contributed by atoms with Crippen LogP contribution in [0.2, 0.25) is 0 Å². The first kappa shape index (κ1) is 22.6. The first-order valence-corrected chi connectivity index (χ1v) is 9.56. The van der Waals surface area contributed by atoms with E-state index in [1.165, 1.54) is 0 Å². The Kier molecular flexibility index (Phi) is 10.7. The largest absolute Gasteiger partial charge is 0.493 e. The van der Waals surface area contributed by atoms with Crippen molar-refractivity contribution >= 4 is 11.9 Å². The summed E-state index contributed by atoms with van der Waals surface area (Å²) >= 11 is 0. The van der Waals surface area contributed by atoms with Crippen molar-refractivity contribution in [1.29, 1.82) is 0 Å². The molecule has 1 aromatic carbocycles. The van der Waals surface area contributed by atoms with Gasteiger partial charge in [0.2, 0.25) is 5.91 Å². The van der Waals surface area contributed by atoms with E-state index in [0.29, 0.717) is 18.9 Å². The van der Waals surface area contributed by atoms with Crippen LogP contribution >= 0.6 is 0 Å². The van der Waals surface area contributed by atoms with Gasteiger partial charge < -0.3 is 25.4 Å². The zero-order valence-corrected chi connectivity index (χ0v) is 17.2. The van der Waals surface area contributed by atoms with Gasteiger partial charge in [-0.05, 0) is 44.4 Å². The molecule has 1 rings (SSSR count). The van der Waals surface area contributed by atoms with E-state index in [9.17, 15) is 4.79 Å². The molecule has 0 aliphatic carbocycles. The topological polar surface area (TPSA) is 84.0 Å². The molecule has 0 aliphatic heterocycles. The number of aliphatic imine (C=N–C) groups is 1. The van der Waals surface area contributed by atoms with Gasteiger partial charge in [0.05, 0.1) is 20.8 Å². The molecule has 0 saturated heterocycles. The molecule has 1 atom stereocenters. The number of nitrogens with zero attached hydrogens (tertiary/aromatic N) is 1. The lowest BCUT2D eigenvalue weighted by molar-refractivity contribution is -0.121. The van der Waals surface area contributed by atoms with E-state index in [-0.39, 0.29) is 11.9 Å². The lowest BCUT2D eigenvalue weighted by Crippen LogP contribution is -2.38. The van der Waals surface area contributed by atoms with Crippen molar-refractivity contribution in [3.63, 3.8) is 0 Å². The Morgan fingerprint density at radius 3 is 2.52 bits per heavy atom. The quantitative estimate of drug-likeness (QED) is 0.406. The molecule has 7 heteroatoms. The number of nitrogens with one attached hydrogen (secondary N) is 3. The highest BCUT2D eigenvalue weighted by atomic mass is 16.5. The fourth-order valence-electron chi connectivity index (χ4n) is 2.42. The minimum atomic E-state index is 0.0364. The number of hydrogen-bond donors (Lipinski definition) is 3. The molecule has 1 amide bonds. The fourth-order valence-corrected chi connectivity index (χ4v) is 2.42. The summed E-state index contributed by atoms with van der Waals surface area (Å²) in [4.78, 5) is 16.3. The summed E-state index contributed by atoms with van der Waals surface area (Å²) < 4.78 is 10.6. The van der Waals surface area contributed by atoms with Crippen LogP contribution in [-0.4, -0.2) is 51.8 Å². The van der Waals surface area contributed by atoms with Crippen molar-refractivity contribution in [1.82, 2.24) is 16.0 Å². The molecule has 0 aromatic heterocycles. The van der Waals surface area contributed by atoms with Gasteiger partial charge in [-0.1, -0.05) is 13.0 Å². The van der Waals surface area contributed by atoms with Crippen molar-refractivity contribution in [3.8, 4) is 11.5 Å². The van der Waals surface area contributed by atoms with E-state index < -0.39 is 0 Å². The van der Waals surface area contributed by atoms with Crippen molar-refractivity contribution in [2.24, 2.45) is 4.99 Å². The summed E-state index contributed by atoms with van der Waals surface area (Å²) in [6.45, 7) is 8.01. The van der Waals surface area contributed by atoms with E-state index in [1.807, 2.05) is 32.0 Å². The molecule has 1 aromatic rings. The first-order valence-electron chi connectivity index (χ1n) is 9.56. The van der Waals surface area contributed by atoms with Crippen LogP contribution in [0, 0.1) is 0 Å². The van der Waals surface area contributed by atoms with Crippen LogP contribution in [0.5, 0.6) is 11.5 Å². The normalized spacial score (nSPS) is 12.3. The summed E-state index contributed by atoms with van der Waals surface area (Å²) in [5, 5.41) is 9.44. The van der Waals surface area contributed by atoms with Gasteiger partial charge in [-0.3, -0.25) is 9.79 Å². The number of methoxy groups -OCH3 is 2. The van der Waals surface area contributed by atoms with Crippen LogP contribution in [-0.2, 0) is 11.2 Å². The molecule has 0 fully saturated rings. The number of rotatable bonds is 11. The SMILES string of the molecule is CCNC(=NCCC(=O)NC(C)CC)NCCc1ccc(OC)c(OC)c1. The number of hydrogen-bond acceptors (Lipinski definition) is 4. The highest BCUT2D eigenvalue weighted by Crippen LogP contribution is 2.27. The van der Waals surface area contributed by atoms with Gasteiger partial charge in [0.25, 0.3) is 0 Å². The predicted octanol–water partition coefficient (Wildman–Crippen LogP) is 2.11. The van der Waals surface area contributed by atoms with E-state index >= 15 is 0 Å². The Labute approximate surface area is 162 Å². The molecule has 0 heterocycles. The molecule has 0 aliphatic rings. The van der Waals surface area contributed by atoms with Crippen LogP contribution < -0.4 is 25.4 Å². The highest BCUT2D eigenvalue weighted by Gasteiger charge is 2.06. The fraction of sp³-hybridized carbons (Fsp3) is 0.600. The second kappa shape index (κ2) is 12.8. The molecule has 0 spiro atoms. The van der Waals surface area contributed by atoms with Gasteiger partial charge >= 0.3 is 0 Å². The zero-order valence-electron chi connectivity index (χ0n) is 17.2. The third-order valence-corrected chi connectivity index (χ3v) is 4.13. The Balaban J connectivity index is 2.49. The number of carbonyl (C=O) groups excluding carboxylic acids is 1. The second-order valence-electron chi connectivity index (χ2n) is 6.25. The lowest BCUT2D eigenvalue weighted by Gasteiger charge is -2.13. The summed E-state index contributed by atoms with van der Waals surface area (Å²) in [7, 11) is 3.26. The molecular weight excluding hydrogens is 344 g/mol. The second-order valence-corrected chi connectivity index (χ2v) is 6.25. The molecule has 152 valence electrons. The number of carbonyl (C=O) groups is 1. The molecular formula is C20H34N4O3. The molecule has 7 nitrogen and oxygen atoms in total. The first-order chi connectivity index (χ1) is 13.0. The number of guanidine groups is 1. The molecule has 27 heavy (non-hydrogen) atoms. The number of benzene rings is 1. The summed E-state index contributed by atoms with van der Waals surface area (Å²) in [6.07, 6.45) is 2.13. The Hall–Kier alpha value is -2.44. The minimum Gasteiger partial charge on any atom is -0.493 e. The van der Waals surface area contributed by atoms with E-state index in [1.54, 1.807) is 14.2 Å². The van der Waals surface area contributed by atoms with E-state index in [0.717, 1.165) is 43.0 Å². The smallest absolute Gasteiger partial charge is 0.222 e. The molecule has 0 saturated carbocycles. The van der Waals surface area contributed by atoms with Crippen molar-refractivity contribution in [2.45, 2.75) is 46.1 Å². The predicted molar refractivity (Wildman–Crippen MR) is 110 cm³/mol. The lowest BCUT2D eigenvalue weighted by atomic mass is 10.1. The zero-order chi connectivity index (χ0) is 20.1. The van der Waals surface area contributed by atoms with Gasteiger partial charge in [0, 0.05) is 25.6 Å². The van der Waals surface area contributed by atoms with Gasteiger partial charge in [0.1, 0.15) is 0 Å².